The van der Waals surface area contributed by atoms with Gasteiger partial charge in [0.25, 0.3) is 0 Å². The molecule has 3 N–H and O–H groups in total. The Balaban J connectivity index is 1.46. The molecule has 1 amide bonds. The smallest absolute Gasteiger partial charge is 0.220 e. The summed E-state index contributed by atoms with van der Waals surface area (Å²) in [5, 5.41) is 3.14. The van der Waals surface area contributed by atoms with Crippen LogP contribution in [0, 0.1) is 0 Å². The van der Waals surface area contributed by atoms with Crippen LogP contribution in [0.15, 0.2) is 42.5 Å². The number of hydrogen-bond donors (Lipinski definition) is 2. The van der Waals surface area contributed by atoms with Gasteiger partial charge in [-0.3, -0.25) is 9.59 Å². The molecule has 3 rings (SSSR count). The van der Waals surface area contributed by atoms with Gasteiger partial charge in [0.2, 0.25) is 5.91 Å². The van der Waals surface area contributed by atoms with Crippen molar-refractivity contribution in [1.29, 1.82) is 0 Å². The molecule has 1 aliphatic rings. The van der Waals surface area contributed by atoms with Crippen molar-refractivity contribution < 1.29 is 14.3 Å². The van der Waals surface area contributed by atoms with Gasteiger partial charge in [-0.05, 0) is 68.0 Å². The minimum atomic E-state index is 0.00865. The molecule has 142 valence electrons. The molecule has 27 heavy (non-hydrogen) atoms. The molecule has 0 saturated carbocycles. The third-order valence-electron chi connectivity index (χ3n) is 4.87. The minimum Gasteiger partial charge on any atom is -0.494 e. The number of rotatable bonds is 7. The van der Waals surface area contributed by atoms with Crippen LogP contribution in [0.1, 0.15) is 60.1 Å². The number of carbonyl (C=O) groups is 2. The number of benzene rings is 2. The first-order valence-electron chi connectivity index (χ1n) is 9.44. The third-order valence-corrected chi connectivity index (χ3v) is 4.87. The molecule has 2 aromatic rings. The number of nitrogen functional groups attached to an aromatic ring is 1. The van der Waals surface area contributed by atoms with Gasteiger partial charge in [-0.25, -0.2) is 0 Å². The standard InChI is InChI=1S/C22H26N2O3/c1-15(25)16-5-2-7-19(14-16)27-12-4-9-22(26)24-21-8-3-6-17-13-18(23)10-11-20(17)21/h2,5,7,10-11,13-14,21H,3-4,6,8-9,12,23H2,1H3,(H,24,26). The van der Waals surface area contributed by atoms with Crippen molar-refractivity contribution in [2.24, 2.45) is 0 Å². The summed E-state index contributed by atoms with van der Waals surface area (Å²) < 4.78 is 5.66. The summed E-state index contributed by atoms with van der Waals surface area (Å²) >= 11 is 0. The molecule has 1 unspecified atom stereocenters. The van der Waals surface area contributed by atoms with Crippen molar-refractivity contribution in [1.82, 2.24) is 5.32 Å². The second-order valence-electron chi connectivity index (χ2n) is 7.01. The molecule has 2 aromatic carbocycles. The number of fused-ring (bicyclic) bond motifs is 1. The number of carbonyl (C=O) groups excluding carboxylic acids is 2. The quantitative estimate of drug-likeness (QED) is 0.443. The average molecular weight is 366 g/mol. The Hall–Kier alpha value is -2.82. The summed E-state index contributed by atoms with van der Waals surface area (Å²) in [5.41, 5.74) is 9.68. The Bertz CT molecular complexity index is 832. The molecular formula is C22H26N2O3. The minimum absolute atomic E-state index is 0.00865. The van der Waals surface area contributed by atoms with Gasteiger partial charge in [-0.1, -0.05) is 18.2 Å². The molecule has 0 saturated heterocycles. The van der Waals surface area contributed by atoms with Crippen molar-refractivity contribution in [3.63, 3.8) is 0 Å². The van der Waals surface area contributed by atoms with E-state index in [0.29, 0.717) is 30.8 Å². The number of Topliss-reactive ketones (excluding diaryl/α,β-unsaturated/α-hetero) is 1. The van der Waals surface area contributed by atoms with Crippen molar-refractivity contribution in [3.8, 4) is 5.75 Å². The van der Waals surface area contributed by atoms with E-state index in [1.165, 1.54) is 18.1 Å². The highest BCUT2D eigenvalue weighted by Crippen LogP contribution is 2.31. The van der Waals surface area contributed by atoms with Gasteiger partial charge in [0.15, 0.2) is 5.78 Å². The van der Waals surface area contributed by atoms with Gasteiger partial charge in [0, 0.05) is 17.7 Å². The fraction of sp³-hybridized carbons (Fsp3) is 0.364. The number of aryl methyl sites for hydroxylation is 1. The van der Waals surface area contributed by atoms with E-state index in [2.05, 4.69) is 5.32 Å². The lowest BCUT2D eigenvalue weighted by atomic mass is 9.87. The number of nitrogens with two attached hydrogens (primary N) is 1. The zero-order chi connectivity index (χ0) is 19.2. The van der Waals surface area contributed by atoms with Crippen LogP contribution in [0.4, 0.5) is 5.69 Å². The van der Waals surface area contributed by atoms with E-state index < -0.39 is 0 Å². The van der Waals surface area contributed by atoms with Crippen LogP contribution in [0.5, 0.6) is 5.75 Å². The largest absolute Gasteiger partial charge is 0.494 e. The molecule has 0 spiro atoms. The number of ketones is 1. The highest BCUT2D eigenvalue weighted by molar-refractivity contribution is 5.94. The molecule has 1 atom stereocenters. The topological polar surface area (TPSA) is 81.4 Å². The molecule has 0 aliphatic heterocycles. The number of hydrogen-bond acceptors (Lipinski definition) is 4. The predicted octanol–water partition coefficient (Wildman–Crippen LogP) is 3.82. The van der Waals surface area contributed by atoms with Gasteiger partial charge in [-0.2, -0.15) is 0 Å². The Labute approximate surface area is 159 Å². The highest BCUT2D eigenvalue weighted by Gasteiger charge is 2.21. The van der Waals surface area contributed by atoms with E-state index in [0.717, 1.165) is 24.9 Å². The van der Waals surface area contributed by atoms with Gasteiger partial charge in [0.05, 0.1) is 12.6 Å². The number of anilines is 1. The summed E-state index contributed by atoms with van der Waals surface area (Å²) in [4.78, 5) is 23.7. The Kier molecular flexibility index (Phi) is 6.12. The van der Waals surface area contributed by atoms with Crippen molar-refractivity contribution in [3.05, 3.63) is 59.2 Å². The van der Waals surface area contributed by atoms with Crippen molar-refractivity contribution in [2.75, 3.05) is 12.3 Å². The maximum atomic E-state index is 12.3. The van der Waals surface area contributed by atoms with E-state index in [9.17, 15) is 9.59 Å². The maximum absolute atomic E-state index is 12.3. The monoisotopic (exact) mass is 366 g/mol. The zero-order valence-corrected chi connectivity index (χ0v) is 15.7. The predicted molar refractivity (Wildman–Crippen MR) is 106 cm³/mol. The van der Waals surface area contributed by atoms with Gasteiger partial charge >= 0.3 is 0 Å². The van der Waals surface area contributed by atoms with Crippen LogP contribution in [-0.4, -0.2) is 18.3 Å². The fourth-order valence-corrected chi connectivity index (χ4v) is 3.48. The zero-order valence-electron chi connectivity index (χ0n) is 15.7. The normalized spacial score (nSPS) is 15.7. The van der Waals surface area contributed by atoms with Gasteiger partial charge in [-0.15, -0.1) is 0 Å². The first-order chi connectivity index (χ1) is 13.0. The maximum Gasteiger partial charge on any atom is 0.220 e. The lowest BCUT2D eigenvalue weighted by molar-refractivity contribution is -0.122. The molecule has 5 heteroatoms. The number of ether oxygens (including phenoxy) is 1. The SMILES string of the molecule is CC(=O)c1cccc(OCCCC(=O)NC2CCCc3cc(N)ccc32)c1. The summed E-state index contributed by atoms with van der Waals surface area (Å²) in [5.74, 6) is 0.696. The molecule has 0 fully saturated rings. The van der Waals surface area contributed by atoms with Gasteiger partial charge in [0.1, 0.15) is 5.75 Å². The summed E-state index contributed by atoms with van der Waals surface area (Å²) in [7, 11) is 0. The molecular weight excluding hydrogens is 340 g/mol. The molecule has 0 aromatic heterocycles. The van der Waals surface area contributed by atoms with Crippen LogP contribution < -0.4 is 15.8 Å². The Morgan fingerprint density at radius 3 is 2.89 bits per heavy atom. The highest BCUT2D eigenvalue weighted by atomic mass is 16.5. The molecule has 0 radical (unpaired) electrons. The van der Waals surface area contributed by atoms with E-state index >= 15 is 0 Å². The summed E-state index contributed by atoms with van der Waals surface area (Å²) in [6, 6.07) is 13.1. The van der Waals surface area contributed by atoms with E-state index in [1.807, 2.05) is 24.3 Å². The number of amides is 1. The lowest BCUT2D eigenvalue weighted by Crippen LogP contribution is -2.31. The second kappa shape index (κ2) is 8.71. The molecule has 5 nitrogen and oxygen atoms in total. The van der Waals surface area contributed by atoms with E-state index in [1.54, 1.807) is 18.2 Å². The van der Waals surface area contributed by atoms with Crippen LogP contribution >= 0.6 is 0 Å². The lowest BCUT2D eigenvalue weighted by Gasteiger charge is -2.26. The van der Waals surface area contributed by atoms with Crippen LogP contribution in [0.2, 0.25) is 0 Å². The average Bonchev–Trinajstić information content (AvgIpc) is 2.65. The molecule has 1 aliphatic carbocycles. The Morgan fingerprint density at radius 1 is 1.22 bits per heavy atom. The van der Waals surface area contributed by atoms with E-state index in [4.69, 9.17) is 10.5 Å². The van der Waals surface area contributed by atoms with Gasteiger partial charge < -0.3 is 15.8 Å². The number of nitrogens with one attached hydrogen (secondary N) is 1. The van der Waals surface area contributed by atoms with Crippen molar-refractivity contribution in [2.45, 2.75) is 45.1 Å². The fourth-order valence-electron chi connectivity index (χ4n) is 3.48. The van der Waals surface area contributed by atoms with Crippen LogP contribution in [-0.2, 0) is 11.2 Å². The molecule has 0 bridgehead atoms. The second-order valence-corrected chi connectivity index (χ2v) is 7.01. The van der Waals surface area contributed by atoms with Crippen molar-refractivity contribution >= 4 is 17.4 Å². The van der Waals surface area contributed by atoms with Crippen LogP contribution in [0.3, 0.4) is 0 Å². The van der Waals surface area contributed by atoms with Crippen LogP contribution in [0.25, 0.3) is 0 Å². The first-order valence-corrected chi connectivity index (χ1v) is 9.44. The van der Waals surface area contributed by atoms with E-state index in [-0.39, 0.29) is 17.7 Å². The first kappa shape index (κ1) is 19.0. The third kappa shape index (κ3) is 5.09. The Morgan fingerprint density at radius 2 is 2.07 bits per heavy atom. The summed E-state index contributed by atoms with van der Waals surface area (Å²) in [6.45, 7) is 1.97. The molecule has 0 heterocycles. The summed E-state index contributed by atoms with van der Waals surface area (Å²) in [6.07, 6.45) is 4.05.